The molecule has 1 atom stereocenters. The first-order chi connectivity index (χ1) is 9.35. The van der Waals surface area contributed by atoms with E-state index in [0.29, 0.717) is 0 Å². The number of hydrogen-bond acceptors (Lipinski definition) is 3. The highest BCUT2D eigenvalue weighted by atomic mass is 15.2. The topological polar surface area (TPSA) is 28.2 Å². The van der Waals surface area contributed by atoms with Crippen molar-refractivity contribution in [3.05, 3.63) is 29.6 Å². The van der Waals surface area contributed by atoms with Crippen LogP contribution in [0.2, 0.25) is 0 Å². The van der Waals surface area contributed by atoms with E-state index in [1.165, 1.54) is 49.9 Å². The molecule has 2 heterocycles. The lowest BCUT2D eigenvalue weighted by Crippen LogP contribution is -2.28. The summed E-state index contributed by atoms with van der Waals surface area (Å²) in [6.45, 7) is 5.53. The fourth-order valence-corrected chi connectivity index (χ4v) is 2.98. The summed E-state index contributed by atoms with van der Waals surface area (Å²) in [5, 5.41) is 3.53. The minimum atomic E-state index is 0.773. The Bertz CT molecular complexity index is 397. The van der Waals surface area contributed by atoms with Gasteiger partial charge in [0.25, 0.3) is 0 Å². The molecule has 0 bridgehead atoms. The summed E-state index contributed by atoms with van der Waals surface area (Å²) in [4.78, 5) is 7.22. The second-order valence-electron chi connectivity index (χ2n) is 5.99. The molecule has 104 valence electrons. The third kappa shape index (κ3) is 3.54. The van der Waals surface area contributed by atoms with Gasteiger partial charge in [0.1, 0.15) is 0 Å². The smallest absolute Gasteiger partial charge is 0.0544 e. The highest BCUT2D eigenvalue weighted by Gasteiger charge is 2.23. The van der Waals surface area contributed by atoms with Crippen molar-refractivity contribution in [3.8, 4) is 0 Å². The first kappa shape index (κ1) is 13.1. The molecule has 3 rings (SSSR count). The van der Waals surface area contributed by atoms with Gasteiger partial charge in [-0.25, -0.2) is 0 Å². The Morgan fingerprint density at radius 2 is 2.21 bits per heavy atom. The monoisotopic (exact) mass is 259 g/mol. The van der Waals surface area contributed by atoms with E-state index in [1.54, 1.807) is 0 Å². The number of nitrogens with one attached hydrogen (secondary N) is 1. The van der Waals surface area contributed by atoms with Gasteiger partial charge in [0.05, 0.1) is 5.69 Å². The summed E-state index contributed by atoms with van der Waals surface area (Å²) < 4.78 is 0. The largest absolute Gasteiger partial charge is 0.310 e. The fraction of sp³-hybridized carbons (Fsp3) is 0.688. The summed E-state index contributed by atoms with van der Waals surface area (Å²) >= 11 is 0. The lowest BCUT2D eigenvalue weighted by molar-refractivity contribution is 0.237. The van der Waals surface area contributed by atoms with Crippen LogP contribution in [0.4, 0.5) is 0 Å². The number of rotatable bonds is 6. The molecule has 1 saturated carbocycles. The van der Waals surface area contributed by atoms with Crippen LogP contribution in [0.1, 0.15) is 50.3 Å². The molecule has 3 heteroatoms. The molecule has 2 fully saturated rings. The zero-order valence-electron chi connectivity index (χ0n) is 11.9. The van der Waals surface area contributed by atoms with Crippen molar-refractivity contribution in [2.45, 2.75) is 64.2 Å². The van der Waals surface area contributed by atoms with Crippen LogP contribution in [0.25, 0.3) is 0 Å². The molecule has 1 aliphatic carbocycles. The minimum absolute atomic E-state index is 0.773. The van der Waals surface area contributed by atoms with Crippen LogP contribution in [0.3, 0.4) is 0 Å². The summed E-state index contributed by atoms with van der Waals surface area (Å²) in [7, 11) is 0. The lowest BCUT2D eigenvalue weighted by Gasteiger charge is -2.22. The number of pyridine rings is 1. The fourth-order valence-electron chi connectivity index (χ4n) is 2.98. The molecule has 0 amide bonds. The number of nitrogens with zero attached hydrogens (tertiary/aromatic N) is 2. The maximum Gasteiger partial charge on any atom is 0.0544 e. The zero-order valence-corrected chi connectivity index (χ0v) is 11.9. The molecule has 3 nitrogen and oxygen atoms in total. The Kier molecular flexibility index (Phi) is 4.14. The SMILES string of the molecule is CCC1CCCN1Cc1ccc(CNC2CC2)cn1. The quantitative estimate of drug-likeness (QED) is 0.851. The summed E-state index contributed by atoms with van der Waals surface area (Å²) in [5.41, 5.74) is 2.53. The second kappa shape index (κ2) is 6.02. The number of hydrogen-bond donors (Lipinski definition) is 1. The molecule has 19 heavy (non-hydrogen) atoms. The van der Waals surface area contributed by atoms with Gasteiger partial charge in [-0.1, -0.05) is 13.0 Å². The standard InChI is InChI=1S/C16H25N3/c1-2-16-4-3-9-19(16)12-15-6-5-13(11-18-15)10-17-14-7-8-14/h5-6,11,14,16-17H,2-4,7-10,12H2,1H3. The first-order valence-electron chi connectivity index (χ1n) is 7.76. The van der Waals surface area contributed by atoms with Crippen molar-refractivity contribution in [3.63, 3.8) is 0 Å². The van der Waals surface area contributed by atoms with Crippen LogP contribution in [0, 0.1) is 0 Å². The molecule has 0 spiro atoms. The molecule has 1 unspecified atom stereocenters. The highest BCUT2D eigenvalue weighted by Crippen LogP contribution is 2.22. The third-order valence-electron chi connectivity index (χ3n) is 4.39. The van der Waals surface area contributed by atoms with Gasteiger partial charge in [-0.15, -0.1) is 0 Å². The number of aromatic nitrogens is 1. The second-order valence-corrected chi connectivity index (χ2v) is 5.99. The van der Waals surface area contributed by atoms with Crippen LogP contribution in [-0.2, 0) is 13.1 Å². The van der Waals surface area contributed by atoms with Crippen molar-refractivity contribution in [1.29, 1.82) is 0 Å². The van der Waals surface area contributed by atoms with Gasteiger partial charge in [0.2, 0.25) is 0 Å². The van der Waals surface area contributed by atoms with Crippen molar-refractivity contribution in [2.24, 2.45) is 0 Å². The van der Waals surface area contributed by atoms with E-state index in [1.807, 2.05) is 6.20 Å². The van der Waals surface area contributed by atoms with Gasteiger partial charge >= 0.3 is 0 Å². The third-order valence-corrected chi connectivity index (χ3v) is 4.39. The Morgan fingerprint density at radius 3 is 2.89 bits per heavy atom. The molecular formula is C16H25N3. The van der Waals surface area contributed by atoms with E-state index in [-0.39, 0.29) is 0 Å². The Hall–Kier alpha value is -0.930. The van der Waals surface area contributed by atoms with Crippen molar-refractivity contribution in [2.75, 3.05) is 6.54 Å². The molecule has 0 radical (unpaired) electrons. The van der Waals surface area contributed by atoms with Crippen LogP contribution in [-0.4, -0.2) is 28.5 Å². The Balaban J connectivity index is 1.52. The highest BCUT2D eigenvalue weighted by molar-refractivity contribution is 5.14. The maximum atomic E-state index is 4.63. The molecule has 2 aliphatic rings. The number of likely N-dealkylation sites (tertiary alicyclic amines) is 1. The van der Waals surface area contributed by atoms with Gasteiger partial charge in [0, 0.05) is 31.4 Å². The average molecular weight is 259 g/mol. The molecular weight excluding hydrogens is 234 g/mol. The van der Waals surface area contributed by atoms with Crippen molar-refractivity contribution >= 4 is 0 Å². The van der Waals surface area contributed by atoms with Gasteiger partial charge < -0.3 is 5.32 Å². The van der Waals surface area contributed by atoms with E-state index in [4.69, 9.17) is 0 Å². The summed E-state index contributed by atoms with van der Waals surface area (Å²) in [6, 6.07) is 5.98. The normalized spacial score (nSPS) is 23.9. The van der Waals surface area contributed by atoms with E-state index >= 15 is 0 Å². The Morgan fingerprint density at radius 1 is 1.32 bits per heavy atom. The molecule has 1 aliphatic heterocycles. The molecule has 1 saturated heterocycles. The van der Waals surface area contributed by atoms with E-state index in [2.05, 4.69) is 34.3 Å². The average Bonchev–Trinajstić information content (AvgIpc) is 3.17. The van der Waals surface area contributed by atoms with Crippen molar-refractivity contribution < 1.29 is 0 Å². The van der Waals surface area contributed by atoms with Gasteiger partial charge in [-0.3, -0.25) is 9.88 Å². The van der Waals surface area contributed by atoms with Crippen LogP contribution < -0.4 is 5.32 Å². The summed E-state index contributed by atoms with van der Waals surface area (Å²) in [6.07, 6.45) is 8.71. The molecule has 1 N–H and O–H groups in total. The molecule has 1 aromatic heterocycles. The van der Waals surface area contributed by atoms with Crippen LogP contribution in [0.15, 0.2) is 18.3 Å². The van der Waals surface area contributed by atoms with Crippen molar-refractivity contribution in [1.82, 2.24) is 15.2 Å². The predicted octanol–water partition coefficient (Wildman–Crippen LogP) is 2.71. The zero-order chi connectivity index (χ0) is 13.1. The summed E-state index contributed by atoms with van der Waals surface area (Å²) in [5.74, 6) is 0. The minimum Gasteiger partial charge on any atom is -0.310 e. The molecule has 1 aromatic rings. The van der Waals surface area contributed by atoms with E-state index in [0.717, 1.165) is 25.2 Å². The predicted molar refractivity (Wildman–Crippen MR) is 77.8 cm³/mol. The van der Waals surface area contributed by atoms with Gasteiger partial charge in [-0.05, 0) is 50.3 Å². The lowest BCUT2D eigenvalue weighted by atomic mass is 10.1. The first-order valence-corrected chi connectivity index (χ1v) is 7.76. The van der Waals surface area contributed by atoms with Crippen LogP contribution in [0.5, 0.6) is 0 Å². The van der Waals surface area contributed by atoms with Crippen LogP contribution >= 0.6 is 0 Å². The Labute approximate surface area is 116 Å². The molecule has 0 aromatic carbocycles. The van der Waals surface area contributed by atoms with E-state index < -0.39 is 0 Å². The van der Waals surface area contributed by atoms with Gasteiger partial charge in [-0.2, -0.15) is 0 Å². The van der Waals surface area contributed by atoms with Gasteiger partial charge in [0.15, 0.2) is 0 Å². The van der Waals surface area contributed by atoms with E-state index in [9.17, 15) is 0 Å². The maximum absolute atomic E-state index is 4.63.